The van der Waals surface area contributed by atoms with Crippen molar-refractivity contribution in [1.29, 1.82) is 0 Å². The molecule has 12 aromatic rings. The molecule has 0 saturated heterocycles. The number of nitrogens with zero attached hydrogens (tertiary/aromatic N) is 5. The molecule has 17 heteroatoms. The normalized spacial score (nSPS) is 15.0. The second-order valence-electron chi connectivity index (χ2n) is 28.1. The highest BCUT2D eigenvalue weighted by atomic mass is 16.5. The van der Waals surface area contributed by atoms with Gasteiger partial charge in [-0.15, -0.1) is 0 Å². The van der Waals surface area contributed by atoms with Crippen molar-refractivity contribution in [3.8, 4) is 46.6 Å². The summed E-state index contributed by atoms with van der Waals surface area (Å²) < 4.78 is 24.1. The second-order valence-corrected chi connectivity index (χ2v) is 28.1. The summed E-state index contributed by atoms with van der Waals surface area (Å²) in [4.78, 5) is 133. The quantitative estimate of drug-likeness (QED) is 0.0164. The van der Waals surface area contributed by atoms with E-state index in [4.69, 9.17) is 28.9 Å². The summed E-state index contributed by atoms with van der Waals surface area (Å²) in [6, 6.07) is 28.1. The third kappa shape index (κ3) is 10.1. The molecule has 0 bridgehead atoms. The molecule has 0 radical (unpaired) electrons. The zero-order chi connectivity index (χ0) is 74.0. The number of aromatic nitrogens is 2. The fourth-order valence-electron chi connectivity index (χ4n) is 17.6. The standard InChI is InChI=1S/C89H77N5O12/c1-11-47(12-2)71-82(95)57-29-25-53-69-48(39-62-73-58(84(97)92(87(62)100)50(13-3)14-4)31-27-55(78(69)73)76-67(105-37-35-103-9)41-61(83(71)96)72(57)80(53)76)23-19-45-21-33-65(90-43-45)66-34-22-46(44-91-66)20-24-49-40-63-74-59(85(98)93(88(63)101)51(15-5)16-6)32-28-56-77-68(106-38-36-104-10)42-64-75-60(30-26-54(81(75)77)70(49)79(56)74)86(99)94(89(64)102)52(17-7)18-8/h21-22,25-34,39-44,47,50-52,71H,11-18,35-38H2,1-10H3. The van der Waals surface area contributed by atoms with Crippen molar-refractivity contribution in [2.75, 3.05) is 40.6 Å². The lowest BCUT2D eigenvalue weighted by Crippen LogP contribution is -2.46. The Bertz CT molecular complexity index is 5610. The van der Waals surface area contributed by atoms with Crippen LogP contribution in [-0.4, -0.2) is 130 Å². The van der Waals surface area contributed by atoms with E-state index in [1.807, 2.05) is 110 Å². The number of hydrogen-bond acceptors (Lipinski definition) is 14. The number of carbonyl (C=O) groups excluding carboxylic acids is 8. The maximum Gasteiger partial charge on any atom is 0.261 e. The summed E-state index contributed by atoms with van der Waals surface area (Å²) in [6.45, 7) is 16.6. The van der Waals surface area contributed by atoms with E-state index in [-0.39, 0.29) is 79.8 Å². The van der Waals surface area contributed by atoms with Gasteiger partial charge in [-0.25, -0.2) is 0 Å². The number of imide groups is 3. The van der Waals surface area contributed by atoms with Gasteiger partial charge in [-0.3, -0.25) is 63.0 Å². The summed E-state index contributed by atoms with van der Waals surface area (Å²) in [5, 5.41) is 9.83. The van der Waals surface area contributed by atoms with Crippen LogP contribution in [0, 0.1) is 35.5 Å². The van der Waals surface area contributed by atoms with Crippen molar-refractivity contribution in [3.05, 3.63) is 176 Å². The van der Waals surface area contributed by atoms with Gasteiger partial charge < -0.3 is 18.9 Å². The summed E-state index contributed by atoms with van der Waals surface area (Å²) in [5.41, 5.74) is 6.17. The molecule has 6 amide bonds. The number of ketones is 2. The Morgan fingerprint density at radius 1 is 0.340 bits per heavy atom. The van der Waals surface area contributed by atoms with E-state index in [0.717, 1.165) is 0 Å². The highest BCUT2D eigenvalue weighted by molar-refractivity contribution is 6.45. The van der Waals surface area contributed by atoms with Gasteiger partial charge in [0.2, 0.25) is 0 Å². The molecular formula is C89H77N5O12. The monoisotopic (exact) mass is 1410 g/mol. The first-order valence-corrected chi connectivity index (χ1v) is 37.0. The first kappa shape index (κ1) is 68.9. The Labute approximate surface area is 612 Å². The first-order valence-electron chi connectivity index (χ1n) is 37.0. The van der Waals surface area contributed by atoms with Crippen molar-refractivity contribution in [2.45, 2.75) is 125 Å². The number of methoxy groups -OCH3 is 2. The molecule has 4 aliphatic rings. The van der Waals surface area contributed by atoms with Crippen LogP contribution < -0.4 is 9.47 Å². The third-order valence-electron chi connectivity index (χ3n) is 22.9. The van der Waals surface area contributed by atoms with E-state index >= 15 is 9.59 Å². The van der Waals surface area contributed by atoms with E-state index < -0.39 is 23.6 Å². The lowest BCUT2D eigenvalue weighted by Gasteiger charge is -2.35. The fourth-order valence-corrected chi connectivity index (χ4v) is 17.6. The van der Waals surface area contributed by atoms with Gasteiger partial charge in [-0.1, -0.05) is 122 Å². The smallest absolute Gasteiger partial charge is 0.261 e. The summed E-state index contributed by atoms with van der Waals surface area (Å²) in [5.74, 6) is 10.6. The van der Waals surface area contributed by atoms with Crippen LogP contribution in [0.3, 0.4) is 0 Å². The van der Waals surface area contributed by atoms with E-state index in [0.29, 0.717) is 227 Å². The van der Waals surface area contributed by atoms with Crippen molar-refractivity contribution >= 4 is 133 Å². The van der Waals surface area contributed by atoms with Crippen LogP contribution in [0.2, 0.25) is 0 Å². The van der Waals surface area contributed by atoms with Gasteiger partial charge in [-0.2, -0.15) is 0 Å². The molecule has 0 N–H and O–H groups in total. The molecule has 0 fully saturated rings. The van der Waals surface area contributed by atoms with Crippen molar-refractivity contribution < 1.29 is 57.3 Å². The number of carbonyl (C=O) groups is 8. The molecule has 17 nitrogen and oxygen atoms in total. The molecule has 0 spiro atoms. The predicted octanol–water partition coefficient (Wildman–Crippen LogP) is 16.9. The number of benzene rings is 10. The van der Waals surface area contributed by atoms with Crippen LogP contribution in [0.5, 0.6) is 11.5 Å². The minimum atomic E-state index is -0.857. The van der Waals surface area contributed by atoms with Gasteiger partial charge in [0.15, 0.2) is 11.6 Å². The minimum absolute atomic E-state index is 0.148. The first-order chi connectivity index (χ1) is 51.5. The van der Waals surface area contributed by atoms with Gasteiger partial charge in [0.05, 0.1) is 36.1 Å². The lowest BCUT2D eigenvalue weighted by molar-refractivity contribution is 0.0514. The van der Waals surface area contributed by atoms with Crippen LogP contribution in [0.25, 0.3) is 97.6 Å². The summed E-state index contributed by atoms with van der Waals surface area (Å²) >= 11 is 0. The number of pyridine rings is 2. The fraction of sp³-hybridized carbons (Fsp3) is 0.303. The molecular weight excluding hydrogens is 1330 g/mol. The van der Waals surface area contributed by atoms with E-state index in [2.05, 4.69) is 23.7 Å². The summed E-state index contributed by atoms with van der Waals surface area (Å²) in [6.07, 6.45) is 8.00. The molecule has 2 aromatic heterocycles. The van der Waals surface area contributed by atoms with Crippen LogP contribution in [0.15, 0.2) is 109 Å². The zero-order valence-electron chi connectivity index (χ0n) is 60.9. The number of ether oxygens (including phenoxy) is 4. The van der Waals surface area contributed by atoms with Crippen molar-refractivity contribution in [3.63, 3.8) is 0 Å². The topological polar surface area (TPSA) is 209 Å². The lowest BCUT2D eigenvalue weighted by atomic mass is 9.71. The van der Waals surface area contributed by atoms with Gasteiger partial charge >= 0.3 is 0 Å². The molecule has 16 rings (SSSR count). The van der Waals surface area contributed by atoms with Crippen molar-refractivity contribution in [2.24, 2.45) is 11.8 Å². The number of Topliss-reactive ketones (excluding diaryl/α,β-unsaturated/α-hetero) is 2. The Balaban J connectivity index is 0.817. The van der Waals surface area contributed by atoms with Crippen molar-refractivity contribution in [1.82, 2.24) is 24.7 Å². The Morgan fingerprint density at radius 2 is 0.670 bits per heavy atom. The van der Waals surface area contributed by atoms with Gasteiger partial charge in [0.1, 0.15) is 24.7 Å². The Kier molecular flexibility index (Phi) is 17.5. The van der Waals surface area contributed by atoms with Gasteiger partial charge in [-0.05, 0) is 133 Å². The average molecular weight is 1410 g/mol. The molecule has 10 aromatic carbocycles. The van der Waals surface area contributed by atoms with E-state index in [1.54, 1.807) is 69.1 Å². The van der Waals surface area contributed by atoms with Gasteiger partial charge in [0.25, 0.3) is 35.4 Å². The molecule has 106 heavy (non-hydrogen) atoms. The van der Waals surface area contributed by atoms with Crippen LogP contribution in [0.4, 0.5) is 0 Å². The number of fused-ring (bicyclic) bond motifs is 4. The Hall–Kier alpha value is -11.5. The second kappa shape index (κ2) is 26.9. The third-order valence-corrected chi connectivity index (χ3v) is 22.9. The van der Waals surface area contributed by atoms with E-state index in [9.17, 15) is 28.8 Å². The SMILES string of the molecule is CCC(CC)C1C(=O)c2ccc3c4c(C#Cc5ccc(-c6ccc(C#Cc7cc8c9c(ccc%10c%11c(OCCOC)cc%12c%13c(ccc(c7c9%10)c%13%11)C(=O)N(C(CC)CC)C%12=O)C(=O)N(C(CC)CC)C8=O)cn6)nc5)cc5c6c(ccc(c7c(OCCOC)cc(c2c37)C1=O)c64)C(=O)N(C(CC)CC)C5=O. The zero-order valence-corrected chi connectivity index (χ0v) is 60.9. The maximum atomic E-state index is 15.1. The molecule has 5 heterocycles. The molecule has 1 atom stereocenters. The number of amides is 6. The molecule has 1 aliphatic carbocycles. The molecule has 1 unspecified atom stereocenters. The molecule has 530 valence electrons. The predicted molar refractivity (Wildman–Crippen MR) is 410 cm³/mol. The highest BCUT2D eigenvalue weighted by Crippen LogP contribution is 2.54. The number of rotatable bonds is 21. The summed E-state index contributed by atoms with van der Waals surface area (Å²) in [7, 11) is 3.16. The maximum absolute atomic E-state index is 15.1. The minimum Gasteiger partial charge on any atom is -0.490 e. The largest absolute Gasteiger partial charge is 0.490 e. The van der Waals surface area contributed by atoms with Crippen LogP contribution >= 0.6 is 0 Å². The number of hydrogen-bond donors (Lipinski definition) is 0. The highest BCUT2D eigenvalue weighted by Gasteiger charge is 2.45. The Morgan fingerprint density at radius 3 is 1.03 bits per heavy atom. The molecule has 0 saturated carbocycles. The molecule has 3 aliphatic heterocycles. The van der Waals surface area contributed by atoms with Gasteiger partial charge in [0, 0.05) is 171 Å². The van der Waals surface area contributed by atoms with Crippen LogP contribution in [0.1, 0.15) is 212 Å². The van der Waals surface area contributed by atoms with Crippen LogP contribution in [-0.2, 0) is 9.47 Å². The average Bonchev–Trinajstić information content (AvgIpc) is 0.685. The van der Waals surface area contributed by atoms with E-state index in [1.165, 1.54) is 14.7 Å².